The molecule has 0 amide bonds. The van der Waals surface area contributed by atoms with Crippen molar-refractivity contribution in [2.45, 2.75) is 45.2 Å². The number of nitrogens with zero attached hydrogens (tertiary/aromatic N) is 2. The van der Waals surface area contributed by atoms with Crippen LogP contribution in [0.15, 0.2) is 4.42 Å². The number of aryl methyl sites for hydroxylation is 1. The van der Waals surface area contributed by atoms with Crippen molar-refractivity contribution in [2.75, 3.05) is 6.61 Å². The molecule has 0 aliphatic heterocycles. The van der Waals surface area contributed by atoms with Gasteiger partial charge in [0.15, 0.2) is 0 Å². The van der Waals surface area contributed by atoms with E-state index in [-0.39, 0.29) is 12.1 Å². The zero-order chi connectivity index (χ0) is 11.6. The van der Waals surface area contributed by atoms with Gasteiger partial charge in [0.25, 0.3) is 0 Å². The van der Waals surface area contributed by atoms with Gasteiger partial charge in [-0.15, -0.1) is 10.2 Å². The van der Waals surface area contributed by atoms with Crippen LogP contribution in [-0.2, 0) is 13.0 Å². The van der Waals surface area contributed by atoms with Gasteiger partial charge < -0.3 is 14.8 Å². The molecule has 1 fully saturated rings. The molecule has 0 aromatic carbocycles. The minimum atomic E-state index is -0.207. The van der Waals surface area contributed by atoms with Crippen LogP contribution in [0, 0.1) is 5.92 Å². The Bertz CT molecular complexity index is 349. The van der Waals surface area contributed by atoms with Crippen LogP contribution in [0.25, 0.3) is 0 Å². The van der Waals surface area contributed by atoms with Gasteiger partial charge >= 0.3 is 0 Å². The summed E-state index contributed by atoms with van der Waals surface area (Å²) < 4.78 is 5.41. The van der Waals surface area contributed by atoms with E-state index in [0.717, 1.165) is 6.42 Å². The van der Waals surface area contributed by atoms with E-state index in [4.69, 9.17) is 4.42 Å². The summed E-state index contributed by atoms with van der Waals surface area (Å²) in [6, 6.07) is 0. The van der Waals surface area contributed by atoms with Crippen LogP contribution in [0.4, 0.5) is 0 Å². The lowest BCUT2D eigenvalue weighted by molar-refractivity contribution is 0.150. The first-order valence-corrected chi connectivity index (χ1v) is 5.85. The second-order valence-electron chi connectivity index (χ2n) is 4.65. The Hall–Kier alpha value is -0.940. The Morgan fingerprint density at radius 3 is 2.62 bits per heavy atom. The fraction of sp³-hybridized carbons (Fsp3) is 0.818. The summed E-state index contributed by atoms with van der Waals surface area (Å²) in [5.41, 5.74) is -0.207. The fourth-order valence-corrected chi connectivity index (χ4v) is 1.83. The smallest absolute Gasteiger partial charge is 0.230 e. The maximum Gasteiger partial charge on any atom is 0.230 e. The first-order valence-electron chi connectivity index (χ1n) is 5.85. The van der Waals surface area contributed by atoms with Crippen LogP contribution in [0.3, 0.4) is 0 Å². The molecule has 5 nitrogen and oxygen atoms in total. The molecule has 90 valence electrons. The van der Waals surface area contributed by atoms with Crippen molar-refractivity contribution in [2.24, 2.45) is 5.92 Å². The second kappa shape index (κ2) is 4.51. The molecule has 1 aliphatic rings. The van der Waals surface area contributed by atoms with Gasteiger partial charge in [-0.25, -0.2) is 0 Å². The maximum atomic E-state index is 9.40. The van der Waals surface area contributed by atoms with Crippen LogP contribution < -0.4 is 5.32 Å². The van der Waals surface area contributed by atoms with Gasteiger partial charge in [-0.3, -0.25) is 0 Å². The Labute approximate surface area is 95.3 Å². The van der Waals surface area contributed by atoms with Crippen molar-refractivity contribution >= 4 is 0 Å². The number of aliphatic hydroxyl groups excluding tert-OH is 1. The van der Waals surface area contributed by atoms with Crippen molar-refractivity contribution in [1.29, 1.82) is 0 Å². The third kappa shape index (κ3) is 2.41. The number of rotatable bonds is 6. The van der Waals surface area contributed by atoms with Crippen molar-refractivity contribution in [3.05, 3.63) is 11.8 Å². The number of aliphatic hydroxyl groups is 1. The van der Waals surface area contributed by atoms with E-state index < -0.39 is 0 Å². The van der Waals surface area contributed by atoms with Crippen molar-refractivity contribution in [3.8, 4) is 0 Å². The van der Waals surface area contributed by atoms with Crippen LogP contribution >= 0.6 is 0 Å². The maximum absolute atomic E-state index is 9.40. The standard InChI is InChI=1S/C11H19N3O2/c1-3-9-13-14-10(16-9)6-12-11(2,7-15)8-4-5-8/h8,12,15H,3-7H2,1-2H3. The summed E-state index contributed by atoms with van der Waals surface area (Å²) in [6.45, 7) is 4.70. The monoisotopic (exact) mass is 225 g/mol. The zero-order valence-electron chi connectivity index (χ0n) is 9.86. The van der Waals surface area contributed by atoms with E-state index in [1.165, 1.54) is 12.8 Å². The molecule has 1 saturated carbocycles. The predicted molar refractivity (Wildman–Crippen MR) is 58.7 cm³/mol. The van der Waals surface area contributed by atoms with Crippen LogP contribution in [0.1, 0.15) is 38.5 Å². The Morgan fingerprint density at radius 1 is 1.44 bits per heavy atom. The molecule has 0 bridgehead atoms. The van der Waals surface area contributed by atoms with E-state index in [2.05, 4.69) is 15.5 Å². The molecular formula is C11H19N3O2. The minimum absolute atomic E-state index is 0.145. The van der Waals surface area contributed by atoms with Gasteiger partial charge in [0.2, 0.25) is 11.8 Å². The van der Waals surface area contributed by atoms with Gasteiger partial charge in [0.1, 0.15) is 0 Å². The van der Waals surface area contributed by atoms with E-state index >= 15 is 0 Å². The zero-order valence-corrected chi connectivity index (χ0v) is 9.86. The van der Waals surface area contributed by atoms with E-state index in [1.807, 2.05) is 13.8 Å². The SMILES string of the molecule is CCc1nnc(CNC(C)(CO)C2CC2)o1. The molecule has 1 aliphatic carbocycles. The van der Waals surface area contributed by atoms with Crippen molar-refractivity contribution in [1.82, 2.24) is 15.5 Å². The minimum Gasteiger partial charge on any atom is -0.424 e. The van der Waals surface area contributed by atoms with E-state index in [0.29, 0.717) is 24.2 Å². The Kier molecular flexibility index (Phi) is 3.25. The highest BCUT2D eigenvalue weighted by Gasteiger charge is 2.40. The summed E-state index contributed by atoms with van der Waals surface area (Å²) in [5, 5.41) is 20.6. The summed E-state index contributed by atoms with van der Waals surface area (Å²) in [4.78, 5) is 0. The van der Waals surface area contributed by atoms with Gasteiger partial charge in [-0.05, 0) is 25.7 Å². The predicted octanol–water partition coefficient (Wildman–Crippen LogP) is 0.883. The van der Waals surface area contributed by atoms with Crippen molar-refractivity contribution in [3.63, 3.8) is 0 Å². The molecule has 1 aromatic rings. The molecule has 0 saturated heterocycles. The first-order chi connectivity index (χ1) is 7.68. The Balaban J connectivity index is 1.90. The average Bonchev–Trinajstić information content (AvgIpc) is 3.06. The lowest BCUT2D eigenvalue weighted by Gasteiger charge is -2.28. The molecule has 1 aromatic heterocycles. The number of aromatic nitrogens is 2. The van der Waals surface area contributed by atoms with Crippen LogP contribution in [0.2, 0.25) is 0 Å². The summed E-state index contributed by atoms with van der Waals surface area (Å²) in [7, 11) is 0. The van der Waals surface area contributed by atoms with Crippen LogP contribution in [0.5, 0.6) is 0 Å². The van der Waals surface area contributed by atoms with E-state index in [9.17, 15) is 5.11 Å². The molecule has 0 radical (unpaired) electrons. The largest absolute Gasteiger partial charge is 0.424 e. The van der Waals surface area contributed by atoms with Crippen LogP contribution in [-0.4, -0.2) is 27.4 Å². The fourth-order valence-electron chi connectivity index (χ4n) is 1.83. The molecule has 1 atom stereocenters. The normalized spacial score (nSPS) is 19.7. The highest BCUT2D eigenvalue weighted by atomic mass is 16.4. The lowest BCUT2D eigenvalue weighted by atomic mass is 9.97. The summed E-state index contributed by atoms with van der Waals surface area (Å²) in [6.07, 6.45) is 3.13. The highest BCUT2D eigenvalue weighted by molar-refractivity contribution is 4.98. The highest BCUT2D eigenvalue weighted by Crippen LogP contribution is 2.39. The average molecular weight is 225 g/mol. The lowest BCUT2D eigenvalue weighted by Crippen LogP contribution is -2.47. The molecule has 1 unspecified atom stereocenters. The number of hydrogen-bond acceptors (Lipinski definition) is 5. The van der Waals surface area contributed by atoms with E-state index in [1.54, 1.807) is 0 Å². The van der Waals surface area contributed by atoms with Gasteiger partial charge in [0, 0.05) is 12.0 Å². The molecule has 5 heteroatoms. The first kappa shape index (κ1) is 11.5. The molecule has 1 heterocycles. The quantitative estimate of drug-likeness (QED) is 0.752. The van der Waals surface area contributed by atoms with Gasteiger partial charge in [-0.2, -0.15) is 0 Å². The summed E-state index contributed by atoms with van der Waals surface area (Å²) >= 11 is 0. The van der Waals surface area contributed by atoms with Crippen molar-refractivity contribution < 1.29 is 9.52 Å². The third-order valence-electron chi connectivity index (χ3n) is 3.26. The number of hydrogen-bond donors (Lipinski definition) is 2. The topological polar surface area (TPSA) is 71.2 Å². The Morgan fingerprint density at radius 2 is 2.12 bits per heavy atom. The number of nitrogens with one attached hydrogen (secondary N) is 1. The molecule has 0 spiro atoms. The van der Waals surface area contributed by atoms with Gasteiger partial charge in [0.05, 0.1) is 13.2 Å². The summed E-state index contributed by atoms with van der Waals surface area (Å²) in [5.74, 6) is 1.83. The molecular weight excluding hydrogens is 206 g/mol. The molecule has 2 N–H and O–H groups in total. The second-order valence-corrected chi connectivity index (χ2v) is 4.65. The molecule has 2 rings (SSSR count). The van der Waals surface area contributed by atoms with Gasteiger partial charge in [-0.1, -0.05) is 6.92 Å². The third-order valence-corrected chi connectivity index (χ3v) is 3.26. The molecule has 16 heavy (non-hydrogen) atoms.